The first kappa shape index (κ1) is 15.7. The van der Waals surface area contributed by atoms with Crippen LogP contribution in [0, 0.1) is 5.82 Å². The zero-order valence-electron chi connectivity index (χ0n) is 12.0. The van der Waals surface area contributed by atoms with Crippen molar-refractivity contribution in [3.8, 4) is 0 Å². The molecular weight excluding hydrogens is 289 g/mol. The highest BCUT2D eigenvalue weighted by atomic mass is 19.1. The Morgan fingerprint density at radius 2 is 2.18 bits per heavy atom. The quantitative estimate of drug-likeness (QED) is 0.857. The summed E-state index contributed by atoms with van der Waals surface area (Å²) in [6, 6.07) is 3.92. The maximum atomic E-state index is 13.7. The van der Waals surface area contributed by atoms with Gasteiger partial charge < -0.3 is 10.4 Å². The minimum Gasteiger partial charge on any atom is -0.481 e. The number of aromatic nitrogens is 2. The minimum absolute atomic E-state index is 0.0706. The average Bonchev–Trinajstić information content (AvgIpc) is 2.91. The molecule has 0 aliphatic heterocycles. The molecule has 1 amide bonds. The predicted octanol–water partition coefficient (Wildman–Crippen LogP) is 2.31. The molecule has 6 nitrogen and oxygen atoms in total. The number of nitrogens with one attached hydrogen (secondary N) is 1. The molecule has 0 radical (unpaired) electrons. The molecule has 0 aliphatic carbocycles. The number of rotatable bonds is 6. The van der Waals surface area contributed by atoms with E-state index in [0.717, 1.165) is 12.5 Å². The number of carboxylic acid groups (broad SMARTS) is 1. The highest BCUT2D eigenvalue weighted by Crippen LogP contribution is 2.16. The summed E-state index contributed by atoms with van der Waals surface area (Å²) in [7, 11) is 0. The summed E-state index contributed by atoms with van der Waals surface area (Å²) >= 11 is 0. The van der Waals surface area contributed by atoms with E-state index in [4.69, 9.17) is 5.11 Å². The highest BCUT2D eigenvalue weighted by Gasteiger charge is 2.12. The van der Waals surface area contributed by atoms with Gasteiger partial charge in [0.2, 0.25) is 0 Å². The molecule has 1 heterocycles. The van der Waals surface area contributed by atoms with Crippen molar-refractivity contribution in [1.29, 1.82) is 0 Å². The van der Waals surface area contributed by atoms with Gasteiger partial charge in [0.1, 0.15) is 5.82 Å². The lowest BCUT2D eigenvalue weighted by Crippen LogP contribution is -2.12. The van der Waals surface area contributed by atoms with Crippen LogP contribution in [-0.2, 0) is 17.8 Å². The molecule has 0 fully saturated rings. The normalized spacial score (nSPS) is 10.5. The Morgan fingerprint density at radius 3 is 2.82 bits per heavy atom. The molecule has 22 heavy (non-hydrogen) atoms. The molecule has 7 heteroatoms. The Hall–Kier alpha value is -2.70. The standard InChI is InChI=1S/C15H16FN3O3/c1-2-5-19-9-11(8-17-19)15(22)18-12-4-3-10(6-14(20)21)13(16)7-12/h3-4,7-9H,2,5-6H2,1H3,(H,18,22)(H,20,21). The molecule has 2 rings (SSSR count). The molecule has 0 saturated carbocycles. The van der Waals surface area contributed by atoms with Crippen molar-refractivity contribution in [1.82, 2.24) is 9.78 Å². The van der Waals surface area contributed by atoms with Crippen molar-refractivity contribution in [2.45, 2.75) is 26.3 Å². The van der Waals surface area contributed by atoms with Crippen molar-refractivity contribution >= 4 is 17.6 Å². The molecule has 1 aromatic heterocycles. The third-order valence-electron chi connectivity index (χ3n) is 3.00. The largest absolute Gasteiger partial charge is 0.481 e. The molecule has 0 bridgehead atoms. The van der Waals surface area contributed by atoms with E-state index in [-0.39, 0.29) is 11.3 Å². The van der Waals surface area contributed by atoms with E-state index in [0.29, 0.717) is 12.1 Å². The van der Waals surface area contributed by atoms with Crippen LogP contribution >= 0.6 is 0 Å². The summed E-state index contributed by atoms with van der Waals surface area (Å²) in [4.78, 5) is 22.6. The fraction of sp³-hybridized carbons (Fsp3) is 0.267. The summed E-state index contributed by atoms with van der Waals surface area (Å²) < 4.78 is 15.4. The number of nitrogens with zero attached hydrogens (tertiary/aromatic N) is 2. The van der Waals surface area contributed by atoms with Crippen LogP contribution in [0.2, 0.25) is 0 Å². The molecule has 0 spiro atoms. The first-order chi connectivity index (χ1) is 10.5. The number of aryl methyl sites for hydroxylation is 1. The van der Waals surface area contributed by atoms with Crippen LogP contribution in [0.5, 0.6) is 0 Å². The zero-order valence-corrected chi connectivity index (χ0v) is 12.0. The van der Waals surface area contributed by atoms with Gasteiger partial charge in [-0.05, 0) is 24.1 Å². The maximum Gasteiger partial charge on any atom is 0.307 e. The van der Waals surface area contributed by atoms with Gasteiger partial charge in [-0.1, -0.05) is 13.0 Å². The Kier molecular flexibility index (Phi) is 4.88. The molecule has 0 unspecified atom stereocenters. The summed E-state index contributed by atoms with van der Waals surface area (Å²) in [5.41, 5.74) is 0.713. The van der Waals surface area contributed by atoms with E-state index < -0.39 is 24.1 Å². The zero-order chi connectivity index (χ0) is 16.1. The van der Waals surface area contributed by atoms with Crippen LogP contribution in [0.3, 0.4) is 0 Å². The first-order valence-electron chi connectivity index (χ1n) is 6.83. The van der Waals surface area contributed by atoms with E-state index in [1.165, 1.54) is 18.3 Å². The van der Waals surface area contributed by atoms with E-state index in [1.54, 1.807) is 10.9 Å². The van der Waals surface area contributed by atoms with E-state index >= 15 is 0 Å². The first-order valence-corrected chi connectivity index (χ1v) is 6.83. The highest BCUT2D eigenvalue weighted by molar-refractivity contribution is 6.03. The Bertz CT molecular complexity index is 697. The summed E-state index contributed by atoms with van der Waals surface area (Å²) in [5, 5.41) is 15.3. The fourth-order valence-electron chi connectivity index (χ4n) is 1.97. The number of benzene rings is 1. The van der Waals surface area contributed by atoms with Crippen molar-refractivity contribution in [2.24, 2.45) is 0 Å². The second-order valence-electron chi connectivity index (χ2n) is 4.82. The average molecular weight is 305 g/mol. The maximum absolute atomic E-state index is 13.7. The lowest BCUT2D eigenvalue weighted by atomic mass is 10.1. The van der Waals surface area contributed by atoms with Crippen LogP contribution in [0.25, 0.3) is 0 Å². The second-order valence-corrected chi connectivity index (χ2v) is 4.82. The van der Waals surface area contributed by atoms with Gasteiger partial charge in [0.15, 0.2) is 0 Å². The van der Waals surface area contributed by atoms with Gasteiger partial charge in [-0.25, -0.2) is 4.39 Å². The number of hydrogen-bond donors (Lipinski definition) is 2. The smallest absolute Gasteiger partial charge is 0.307 e. The van der Waals surface area contributed by atoms with Gasteiger partial charge in [-0.3, -0.25) is 14.3 Å². The van der Waals surface area contributed by atoms with Crippen LogP contribution in [0.15, 0.2) is 30.6 Å². The van der Waals surface area contributed by atoms with Gasteiger partial charge >= 0.3 is 5.97 Å². The minimum atomic E-state index is -1.11. The number of halogens is 1. The van der Waals surface area contributed by atoms with Crippen molar-refractivity contribution in [2.75, 3.05) is 5.32 Å². The van der Waals surface area contributed by atoms with Crippen molar-refractivity contribution in [3.05, 3.63) is 47.5 Å². The van der Waals surface area contributed by atoms with Gasteiger partial charge in [-0.2, -0.15) is 5.10 Å². The second kappa shape index (κ2) is 6.84. The van der Waals surface area contributed by atoms with Gasteiger partial charge in [0.25, 0.3) is 5.91 Å². The van der Waals surface area contributed by atoms with Gasteiger partial charge in [0.05, 0.1) is 18.2 Å². The monoisotopic (exact) mass is 305 g/mol. The van der Waals surface area contributed by atoms with Crippen LogP contribution in [0.4, 0.5) is 10.1 Å². The molecule has 0 atom stereocenters. The molecule has 0 saturated heterocycles. The molecule has 1 aromatic carbocycles. The number of carbonyl (C=O) groups excluding carboxylic acids is 1. The molecule has 2 aromatic rings. The molecule has 0 aliphatic rings. The summed E-state index contributed by atoms with van der Waals surface area (Å²) in [5.74, 6) is -2.17. The fourth-order valence-corrected chi connectivity index (χ4v) is 1.97. The van der Waals surface area contributed by atoms with Crippen molar-refractivity contribution < 1.29 is 19.1 Å². The van der Waals surface area contributed by atoms with E-state index in [1.807, 2.05) is 6.92 Å². The number of aliphatic carboxylic acids is 1. The Balaban J connectivity index is 2.07. The van der Waals surface area contributed by atoms with E-state index in [9.17, 15) is 14.0 Å². The number of amides is 1. The molecular formula is C15H16FN3O3. The van der Waals surface area contributed by atoms with Crippen LogP contribution < -0.4 is 5.32 Å². The van der Waals surface area contributed by atoms with Crippen LogP contribution in [-0.4, -0.2) is 26.8 Å². The SMILES string of the molecule is CCCn1cc(C(=O)Nc2ccc(CC(=O)O)c(F)c2)cn1. The van der Waals surface area contributed by atoms with Gasteiger partial charge in [-0.15, -0.1) is 0 Å². The lowest BCUT2D eigenvalue weighted by Gasteiger charge is -2.06. The Labute approximate surface area is 126 Å². The Morgan fingerprint density at radius 1 is 1.41 bits per heavy atom. The van der Waals surface area contributed by atoms with Gasteiger partial charge in [0, 0.05) is 18.4 Å². The summed E-state index contributed by atoms with van der Waals surface area (Å²) in [6.45, 7) is 2.72. The molecule has 2 N–H and O–H groups in total. The number of hydrogen-bond acceptors (Lipinski definition) is 3. The van der Waals surface area contributed by atoms with Crippen molar-refractivity contribution in [3.63, 3.8) is 0 Å². The number of anilines is 1. The van der Waals surface area contributed by atoms with Crippen LogP contribution in [0.1, 0.15) is 29.3 Å². The number of carbonyl (C=O) groups is 2. The topological polar surface area (TPSA) is 84.2 Å². The van der Waals surface area contributed by atoms with E-state index in [2.05, 4.69) is 10.4 Å². The third-order valence-corrected chi connectivity index (χ3v) is 3.00. The lowest BCUT2D eigenvalue weighted by molar-refractivity contribution is -0.136. The molecule has 116 valence electrons. The predicted molar refractivity (Wildman–Crippen MR) is 78.2 cm³/mol. The number of carboxylic acids is 1. The summed E-state index contributed by atoms with van der Waals surface area (Å²) in [6.07, 6.45) is 3.57. The third kappa shape index (κ3) is 3.91.